The summed E-state index contributed by atoms with van der Waals surface area (Å²) in [6.45, 7) is 7.16. The summed E-state index contributed by atoms with van der Waals surface area (Å²) in [5.74, 6) is 11.5. The van der Waals surface area contributed by atoms with Gasteiger partial charge in [-0.3, -0.25) is 14.4 Å². The zero-order valence-corrected chi connectivity index (χ0v) is 37.9. The predicted octanol–water partition coefficient (Wildman–Crippen LogP) is 9.11. The number of nitrogens with zero attached hydrogens (tertiary/aromatic N) is 9. The standard InChI is InChI=1S/C49H49ClN10O3S/c1-29-30(2)64-49-45(29)46(54-42(27-44-52-21-23-62-44)47-58-55-31(3)60(47)49)35-11-9-32(10-12-35)7-8-34-24-33(25-34)6-5-22-59(4)43-20-19-41(56-57-43)48(61)53-37-14-17-38(18-15-37)63-39-16-13-36(28-51)40(50)26-39/h9-13,16,19-21,23,26,33-34,37-38,42H,5-6,14-15,17-18,22,24-25,27H2,1-4H3,(H,53,61)/t33-,34+,37-,38-,42-/m0/s1. The Morgan fingerprint density at radius 2 is 1.84 bits per heavy atom. The second-order valence-corrected chi connectivity index (χ2v) is 18.7. The monoisotopic (exact) mass is 892 g/mol. The highest BCUT2D eigenvalue weighted by atomic mass is 35.5. The van der Waals surface area contributed by atoms with Gasteiger partial charge in [-0.15, -0.1) is 31.7 Å². The Balaban J connectivity index is 0.726. The lowest BCUT2D eigenvalue weighted by molar-refractivity contribution is 0.0888. The minimum Gasteiger partial charge on any atom is -0.490 e. The van der Waals surface area contributed by atoms with Gasteiger partial charge in [-0.2, -0.15) is 5.26 Å². The number of thiophene rings is 1. The van der Waals surface area contributed by atoms with E-state index in [1.54, 1.807) is 48.1 Å². The van der Waals surface area contributed by atoms with E-state index in [2.05, 4.69) is 96.2 Å². The molecule has 64 heavy (non-hydrogen) atoms. The number of benzene rings is 2. The number of fused-ring (bicyclic) bond motifs is 3. The van der Waals surface area contributed by atoms with Crippen molar-refractivity contribution >= 4 is 40.4 Å². The van der Waals surface area contributed by atoms with Crippen molar-refractivity contribution in [3.05, 3.63) is 128 Å². The van der Waals surface area contributed by atoms with Gasteiger partial charge in [0.25, 0.3) is 5.91 Å². The van der Waals surface area contributed by atoms with E-state index in [0.29, 0.717) is 46.2 Å². The van der Waals surface area contributed by atoms with Gasteiger partial charge in [-0.05, 0) is 120 Å². The first kappa shape index (κ1) is 42.9. The third kappa shape index (κ3) is 9.30. The lowest BCUT2D eigenvalue weighted by atomic mass is 9.73. The van der Waals surface area contributed by atoms with Crippen molar-refractivity contribution in [3.8, 4) is 28.7 Å². The number of ether oxygens (including phenoxy) is 1. The molecule has 2 aromatic carbocycles. The number of rotatable bonds is 12. The fourth-order valence-electron chi connectivity index (χ4n) is 8.85. The first-order valence-corrected chi connectivity index (χ1v) is 23.1. The Morgan fingerprint density at radius 1 is 1.03 bits per heavy atom. The number of aromatic nitrogens is 6. The molecule has 2 aliphatic carbocycles. The van der Waals surface area contributed by atoms with Crippen LogP contribution < -0.4 is 15.0 Å². The van der Waals surface area contributed by atoms with Crippen molar-refractivity contribution in [1.82, 2.24) is 35.3 Å². The number of amides is 1. The van der Waals surface area contributed by atoms with Crippen LogP contribution in [0.3, 0.4) is 0 Å². The molecule has 1 N–H and O–H groups in total. The van der Waals surface area contributed by atoms with Gasteiger partial charge in [0.15, 0.2) is 23.2 Å². The molecule has 4 aromatic heterocycles. The number of aryl methyl sites for hydroxylation is 2. The number of nitrogens with one attached hydrogen (secondary N) is 1. The number of hydrogen-bond donors (Lipinski definition) is 1. The van der Waals surface area contributed by atoms with Crippen LogP contribution in [0, 0.1) is 55.8 Å². The van der Waals surface area contributed by atoms with Gasteiger partial charge in [-0.1, -0.05) is 35.6 Å². The summed E-state index contributed by atoms with van der Waals surface area (Å²) < 4.78 is 13.9. The molecule has 1 aliphatic heterocycles. The highest BCUT2D eigenvalue weighted by Crippen LogP contribution is 2.40. The molecular formula is C49H49ClN10O3S. The second kappa shape index (κ2) is 18.8. The summed E-state index contributed by atoms with van der Waals surface area (Å²) in [5, 5.41) is 31.4. The minimum absolute atomic E-state index is 0.0312. The van der Waals surface area contributed by atoms with Crippen LogP contribution in [0.15, 0.2) is 76.5 Å². The van der Waals surface area contributed by atoms with Crippen LogP contribution in [-0.2, 0) is 6.42 Å². The number of anilines is 1. The van der Waals surface area contributed by atoms with E-state index >= 15 is 0 Å². The Kier molecular flexibility index (Phi) is 12.6. The predicted molar refractivity (Wildman–Crippen MR) is 246 cm³/mol. The summed E-state index contributed by atoms with van der Waals surface area (Å²) >= 11 is 7.91. The van der Waals surface area contributed by atoms with Gasteiger partial charge in [0, 0.05) is 53.2 Å². The number of aliphatic imine (C=N–C) groups is 1. The number of carbonyl (C=O) groups excluding carboxylic acids is 1. The number of nitriles is 1. The molecular weight excluding hydrogens is 844 g/mol. The smallest absolute Gasteiger partial charge is 0.272 e. The molecule has 326 valence electrons. The molecule has 15 heteroatoms. The fraction of sp³-hybridized carbons (Fsp3) is 0.388. The quantitative estimate of drug-likeness (QED) is 0.117. The van der Waals surface area contributed by atoms with Crippen molar-refractivity contribution in [3.63, 3.8) is 0 Å². The van der Waals surface area contributed by atoms with Crippen LogP contribution in [0.25, 0.3) is 5.00 Å². The molecule has 1 atom stereocenters. The lowest BCUT2D eigenvalue weighted by Crippen LogP contribution is -2.40. The van der Waals surface area contributed by atoms with Crippen LogP contribution in [0.1, 0.15) is 118 Å². The molecule has 0 unspecified atom stereocenters. The lowest BCUT2D eigenvalue weighted by Gasteiger charge is -2.32. The molecule has 6 aromatic rings. The largest absolute Gasteiger partial charge is 0.490 e. The molecule has 0 radical (unpaired) electrons. The molecule has 0 saturated heterocycles. The van der Waals surface area contributed by atoms with Crippen LogP contribution in [0.2, 0.25) is 5.02 Å². The highest BCUT2D eigenvalue weighted by molar-refractivity contribution is 7.15. The van der Waals surface area contributed by atoms with Crippen molar-refractivity contribution in [2.45, 2.75) is 96.7 Å². The molecule has 5 heterocycles. The summed E-state index contributed by atoms with van der Waals surface area (Å²) in [4.78, 5) is 26.1. The number of hydrogen-bond acceptors (Lipinski definition) is 12. The normalized spacial score (nSPS) is 20.0. The number of halogens is 1. The van der Waals surface area contributed by atoms with E-state index in [1.165, 1.54) is 10.4 Å². The van der Waals surface area contributed by atoms with Crippen molar-refractivity contribution in [1.29, 1.82) is 5.26 Å². The summed E-state index contributed by atoms with van der Waals surface area (Å²) in [5.41, 5.74) is 6.03. The van der Waals surface area contributed by atoms with Crippen molar-refractivity contribution in [2.75, 3.05) is 18.5 Å². The van der Waals surface area contributed by atoms with Gasteiger partial charge in [-0.25, -0.2) is 4.98 Å². The van der Waals surface area contributed by atoms with E-state index in [0.717, 1.165) is 103 Å². The van der Waals surface area contributed by atoms with Gasteiger partial charge < -0.3 is 19.4 Å². The third-order valence-corrected chi connectivity index (χ3v) is 14.2. The zero-order chi connectivity index (χ0) is 44.3. The average molecular weight is 894 g/mol. The topological polar surface area (TPSA) is 160 Å². The molecule has 2 fully saturated rings. The van der Waals surface area contributed by atoms with Gasteiger partial charge in [0.2, 0.25) is 0 Å². The second-order valence-electron chi connectivity index (χ2n) is 17.1. The maximum absolute atomic E-state index is 13.0. The Labute approximate surface area is 382 Å². The molecule has 0 bridgehead atoms. The molecule has 1 amide bonds. The molecule has 3 aliphatic rings. The van der Waals surface area contributed by atoms with E-state index < -0.39 is 0 Å². The van der Waals surface area contributed by atoms with E-state index in [9.17, 15) is 4.79 Å². The number of oxazole rings is 1. The maximum Gasteiger partial charge on any atom is 0.272 e. The highest BCUT2D eigenvalue weighted by Gasteiger charge is 2.33. The fourth-order valence-corrected chi connectivity index (χ4v) is 10.3. The third-order valence-electron chi connectivity index (χ3n) is 12.7. The molecule has 13 nitrogen and oxygen atoms in total. The van der Waals surface area contributed by atoms with E-state index in [1.807, 2.05) is 20.0 Å². The Bertz CT molecular complexity index is 2770. The molecule has 9 rings (SSSR count). The SMILES string of the molecule is Cc1sc2c(c1C)C(c1ccc(C#C[C@H]3C[C@@H](CCCN(C)c4ccc(C(=O)N[C@H]5CC[C@H](Oc6ccc(C#N)c(Cl)c6)CC5)nn4)C3)cc1)=N[C@@H](Cc1ncco1)c1nnc(C)n1-2. The first-order chi connectivity index (χ1) is 31.1. The van der Waals surface area contributed by atoms with Crippen LogP contribution in [-0.4, -0.2) is 67.3 Å². The maximum atomic E-state index is 13.0. The molecule has 2 saturated carbocycles. The Morgan fingerprint density at radius 3 is 2.56 bits per heavy atom. The van der Waals surface area contributed by atoms with Crippen LogP contribution in [0.4, 0.5) is 5.82 Å². The van der Waals surface area contributed by atoms with Gasteiger partial charge in [0.05, 0.1) is 35.0 Å². The summed E-state index contributed by atoms with van der Waals surface area (Å²) in [6, 6.07) is 19.0. The van der Waals surface area contributed by atoms with Crippen molar-refractivity contribution < 1.29 is 13.9 Å². The van der Waals surface area contributed by atoms with E-state index in [-0.39, 0.29) is 24.1 Å². The first-order valence-electron chi connectivity index (χ1n) is 21.9. The zero-order valence-electron chi connectivity index (χ0n) is 36.3. The average Bonchev–Trinajstić information content (AvgIpc) is 4.00. The van der Waals surface area contributed by atoms with Crippen LogP contribution >= 0.6 is 22.9 Å². The van der Waals surface area contributed by atoms with Gasteiger partial charge in [0.1, 0.15) is 34.9 Å². The summed E-state index contributed by atoms with van der Waals surface area (Å²) in [7, 11) is 2.02. The number of carbonyl (C=O) groups is 1. The summed E-state index contributed by atoms with van der Waals surface area (Å²) in [6.07, 6.45) is 11.4. The minimum atomic E-state index is -0.310. The van der Waals surface area contributed by atoms with Crippen LogP contribution in [0.5, 0.6) is 5.75 Å². The van der Waals surface area contributed by atoms with Crippen molar-refractivity contribution in [2.24, 2.45) is 16.8 Å². The molecule has 0 spiro atoms. The van der Waals surface area contributed by atoms with Gasteiger partial charge >= 0.3 is 0 Å². The van der Waals surface area contributed by atoms with E-state index in [4.69, 9.17) is 31.0 Å². The Hall–Kier alpha value is -6.35.